The van der Waals surface area contributed by atoms with Gasteiger partial charge in [0.1, 0.15) is 0 Å². The molecule has 0 spiro atoms. The Bertz CT molecular complexity index is 124. The number of carbonyl (C=O) groups is 1. The second-order valence-electron chi connectivity index (χ2n) is 0.956. The molecule has 0 fully saturated rings. The SMILES string of the molecule is O=C(COS(=O)[O-])OP. The third-order valence-corrected chi connectivity index (χ3v) is 0.978. The molecular weight excluding hydrogens is 167 g/mol. The molecule has 0 amide bonds. The van der Waals surface area contributed by atoms with Crippen LogP contribution >= 0.6 is 9.47 Å². The maximum Gasteiger partial charge on any atom is 0.335 e. The zero-order valence-electron chi connectivity index (χ0n) is 4.23. The van der Waals surface area contributed by atoms with Gasteiger partial charge in [0.2, 0.25) is 0 Å². The van der Waals surface area contributed by atoms with Crippen molar-refractivity contribution in [1.29, 1.82) is 0 Å². The normalized spacial score (nSPS) is 12.7. The molecule has 0 radical (unpaired) electrons. The third kappa shape index (κ3) is 5.85. The van der Waals surface area contributed by atoms with Gasteiger partial charge in [0.15, 0.2) is 6.61 Å². The first-order valence-corrected chi connectivity index (χ1v) is 3.26. The van der Waals surface area contributed by atoms with E-state index in [1.807, 2.05) is 0 Å². The van der Waals surface area contributed by atoms with E-state index in [1.54, 1.807) is 9.47 Å². The van der Waals surface area contributed by atoms with E-state index in [4.69, 9.17) is 0 Å². The Morgan fingerprint density at radius 2 is 2.33 bits per heavy atom. The van der Waals surface area contributed by atoms with Gasteiger partial charge in [-0.25, -0.2) is 9.00 Å². The van der Waals surface area contributed by atoms with E-state index in [0.29, 0.717) is 0 Å². The highest BCUT2D eigenvalue weighted by Crippen LogP contribution is 1.88. The second kappa shape index (κ2) is 4.81. The molecule has 0 heterocycles. The van der Waals surface area contributed by atoms with Gasteiger partial charge in [-0.15, -0.1) is 0 Å². The van der Waals surface area contributed by atoms with Crippen molar-refractivity contribution in [2.75, 3.05) is 6.61 Å². The molecule has 0 saturated carbocycles. The van der Waals surface area contributed by atoms with Gasteiger partial charge in [-0.05, 0) is 0 Å². The summed E-state index contributed by atoms with van der Waals surface area (Å²) in [5.41, 5.74) is 0. The summed E-state index contributed by atoms with van der Waals surface area (Å²) in [7, 11) is 1.67. The molecule has 2 atom stereocenters. The highest BCUT2D eigenvalue weighted by atomic mass is 32.2. The summed E-state index contributed by atoms with van der Waals surface area (Å²) in [6.45, 7) is -0.584. The highest BCUT2D eigenvalue weighted by molar-refractivity contribution is 7.74. The molecule has 0 aromatic carbocycles. The fraction of sp³-hybridized carbons (Fsp3) is 0.500. The van der Waals surface area contributed by atoms with Crippen LogP contribution in [0.1, 0.15) is 0 Å². The van der Waals surface area contributed by atoms with Crippen LogP contribution in [-0.4, -0.2) is 21.3 Å². The summed E-state index contributed by atoms with van der Waals surface area (Å²) in [6, 6.07) is 0. The van der Waals surface area contributed by atoms with Crippen molar-refractivity contribution in [1.82, 2.24) is 0 Å². The molecule has 2 unspecified atom stereocenters. The highest BCUT2D eigenvalue weighted by Gasteiger charge is 1.97. The lowest BCUT2D eigenvalue weighted by molar-refractivity contribution is -0.135. The summed E-state index contributed by atoms with van der Waals surface area (Å²) in [5.74, 6) is -0.760. The van der Waals surface area contributed by atoms with Crippen LogP contribution in [0.25, 0.3) is 0 Å². The monoisotopic (exact) mass is 171 g/mol. The Hall–Kier alpha value is -0.0300. The molecule has 0 aromatic rings. The van der Waals surface area contributed by atoms with E-state index in [9.17, 15) is 13.6 Å². The molecular formula is C2H4O5PS-. The van der Waals surface area contributed by atoms with Gasteiger partial charge in [-0.1, -0.05) is 0 Å². The van der Waals surface area contributed by atoms with Crippen molar-refractivity contribution < 1.29 is 22.3 Å². The molecule has 54 valence electrons. The largest absolute Gasteiger partial charge is 0.750 e. The van der Waals surface area contributed by atoms with Gasteiger partial charge in [0.25, 0.3) is 0 Å². The van der Waals surface area contributed by atoms with Gasteiger partial charge < -0.3 is 9.08 Å². The van der Waals surface area contributed by atoms with Crippen LogP contribution in [0.5, 0.6) is 0 Å². The van der Waals surface area contributed by atoms with Crippen LogP contribution < -0.4 is 0 Å². The quantitative estimate of drug-likeness (QED) is 0.407. The zero-order chi connectivity index (χ0) is 7.28. The van der Waals surface area contributed by atoms with Crippen molar-refractivity contribution in [3.8, 4) is 0 Å². The van der Waals surface area contributed by atoms with Crippen LogP contribution in [0.3, 0.4) is 0 Å². The number of hydrogen-bond acceptors (Lipinski definition) is 5. The van der Waals surface area contributed by atoms with Gasteiger partial charge >= 0.3 is 5.97 Å². The molecule has 0 bridgehead atoms. The molecule has 0 aliphatic carbocycles. The average Bonchev–Trinajstić information content (AvgIpc) is 1.83. The Morgan fingerprint density at radius 1 is 1.78 bits per heavy atom. The van der Waals surface area contributed by atoms with Crippen LogP contribution in [-0.2, 0) is 24.9 Å². The lowest BCUT2D eigenvalue weighted by atomic mass is 10.8. The first-order valence-electron chi connectivity index (χ1n) is 1.79. The molecule has 0 rings (SSSR count). The minimum absolute atomic E-state index is 0.584. The van der Waals surface area contributed by atoms with Crippen molar-refractivity contribution in [2.45, 2.75) is 0 Å². The third-order valence-electron chi connectivity index (χ3n) is 0.404. The first kappa shape index (κ1) is 8.97. The molecule has 9 heavy (non-hydrogen) atoms. The van der Waals surface area contributed by atoms with Crippen molar-refractivity contribution in [3.63, 3.8) is 0 Å². The van der Waals surface area contributed by atoms with Gasteiger partial charge in [0, 0.05) is 0 Å². The first-order chi connectivity index (χ1) is 4.16. The van der Waals surface area contributed by atoms with Crippen LogP contribution in [0.4, 0.5) is 0 Å². The molecule has 0 N–H and O–H groups in total. The van der Waals surface area contributed by atoms with Crippen molar-refractivity contribution in [2.24, 2.45) is 0 Å². The molecule has 5 nitrogen and oxygen atoms in total. The van der Waals surface area contributed by atoms with E-state index in [-0.39, 0.29) is 0 Å². The number of carbonyl (C=O) groups excluding carboxylic acids is 1. The fourth-order valence-electron chi connectivity index (χ4n) is 0.130. The molecule has 0 saturated heterocycles. The maximum absolute atomic E-state index is 10.1. The molecule has 0 aromatic heterocycles. The minimum atomic E-state index is -2.65. The van der Waals surface area contributed by atoms with Gasteiger partial charge in [0.05, 0.1) is 20.8 Å². The average molecular weight is 171 g/mol. The van der Waals surface area contributed by atoms with E-state index < -0.39 is 23.9 Å². The predicted octanol–water partition coefficient (Wildman–Crippen LogP) is -0.870. The van der Waals surface area contributed by atoms with Crippen molar-refractivity contribution >= 4 is 26.8 Å². The molecule has 0 aliphatic rings. The van der Waals surface area contributed by atoms with E-state index >= 15 is 0 Å². The lowest BCUT2D eigenvalue weighted by Gasteiger charge is -2.02. The van der Waals surface area contributed by atoms with Gasteiger partial charge in [-0.2, -0.15) is 0 Å². The van der Waals surface area contributed by atoms with Crippen molar-refractivity contribution in [3.05, 3.63) is 0 Å². The van der Waals surface area contributed by atoms with Crippen LogP contribution in [0.2, 0.25) is 0 Å². The fourth-order valence-corrected chi connectivity index (χ4v) is 0.391. The minimum Gasteiger partial charge on any atom is -0.750 e. The lowest BCUT2D eigenvalue weighted by Crippen LogP contribution is -2.08. The summed E-state index contributed by atoms with van der Waals surface area (Å²) >= 11 is -2.65. The summed E-state index contributed by atoms with van der Waals surface area (Å²) < 4.78 is 27.0. The van der Waals surface area contributed by atoms with E-state index in [0.717, 1.165) is 0 Å². The summed E-state index contributed by atoms with van der Waals surface area (Å²) in [4.78, 5) is 10.1. The Morgan fingerprint density at radius 3 is 2.67 bits per heavy atom. The standard InChI is InChI=1S/C2H5O5PS/c3-2(7-8)1-6-9(4)5/h1,8H2,(H,4,5)/p-1. The Labute approximate surface area is 56.5 Å². The predicted molar refractivity (Wildman–Crippen MR) is 30.7 cm³/mol. The van der Waals surface area contributed by atoms with E-state index in [1.165, 1.54) is 0 Å². The van der Waals surface area contributed by atoms with Crippen LogP contribution in [0.15, 0.2) is 0 Å². The summed E-state index contributed by atoms with van der Waals surface area (Å²) in [6.07, 6.45) is 0. The molecule has 0 aliphatic heterocycles. The molecule has 7 heteroatoms. The maximum atomic E-state index is 10.1. The smallest absolute Gasteiger partial charge is 0.335 e. The number of rotatable bonds is 3. The second-order valence-corrected chi connectivity index (χ2v) is 1.84. The Balaban J connectivity index is 3.28. The summed E-state index contributed by atoms with van der Waals surface area (Å²) in [5, 5.41) is 0. The zero-order valence-corrected chi connectivity index (χ0v) is 6.21. The Kier molecular flexibility index (Phi) is 4.80. The number of hydrogen-bond donors (Lipinski definition) is 0. The van der Waals surface area contributed by atoms with E-state index in [2.05, 4.69) is 8.71 Å². The topological polar surface area (TPSA) is 75.7 Å². The van der Waals surface area contributed by atoms with Gasteiger partial charge in [-0.3, -0.25) is 4.18 Å². The van der Waals surface area contributed by atoms with Crippen LogP contribution in [0, 0.1) is 0 Å².